The van der Waals surface area contributed by atoms with E-state index in [-0.39, 0.29) is 16.8 Å². The second-order valence-electron chi connectivity index (χ2n) is 3.97. The molecule has 2 rings (SSSR count). The average molecular weight is 261 g/mol. The molecular weight excluding hydrogens is 252 g/mol. The van der Waals surface area contributed by atoms with Gasteiger partial charge in [0.05, 0.1) is 22.3 Å². The van der Waals surface area contributed by atoms with Crippen LogP contribution in [-0.2, 0) is 9.59 Å². The summed E-state index contributed by atoms with van der Waals surface area (Å²) in [4.78, 5) is 24.9. The zero-order valence-corrected chi connectivity index (χ0v) is 10.6. The minimum absolute atomic E-state index is 0.207. The third-order valence-corrected chi connectivity index (χ3v) is 3.23. The van der Waals surface area contributed by atoms with Crippen LogP contribution >= 0.6 is 11.6 Å². The molecule has 2 amide bonds. The molecular formula is C13H9ClN2O2. The summed E-state index contributed by atoms with van der Waals surface area (Å²) >= 11 is 6.00. The fourth-order valence-corrected chi connectivity index (χ4v) is 1.99. The smallest absolute Gasteiger partial charge is 0.261 e. The van der Waals surface area contributed by atoms with Crippen LogP contribution in [0.25, 0.3) is 0 Å². The minimum Gasteiger partial charge on any atom is -0.269 e. The van der Waals surface area contributed by atoms with E-state index >= 15 is 0 Å². The van der Waals surface area contributed by atoms with Crippen LogP contribution in [0, 0.1) is 11.3 Å². The van der Waals surface area contributed by atoms with Crippen LogP contribution in [0.5, 0.6) is 0 Å². The molecule has 0 fully saturated rings. The minimum atomic E-state index is -0.371. The first-order valence-corrected chi connectivity index (χ1v) is 5.61. The van der Waals surface area contributed by atoms with Crippen LogP contribution < -0.4 is 4.90 Å². The van der Waals surface area contributed by atoms with E-state index in [0.29, 0.717) is 22.4 Å². The quantitative estimate of drug-likeness (QED) is 0.729. The van der Waals surface area contributed by atoms with Gasteiger partial charge in [0.2, 0.25) is 0 Å². The lowest BCUT2D eigenvalue weighted by Gasteiger charge is -2.16. The van der Waals surface area contributed by atoms with Gasteiger partial charge in [0.25, 0.3) is 11.8 Å². The van der Waals surface area contributed by atoms with E-state index in [1.807, 2.05) is 6.07 Å². The van der Waals surface area contributed by atoms with Crippen molar-refractivity contribution in [1.29, 1.82) is 5.26 Å². The van der Waals surface area contributed by atoms with Gasteiger partial charge in [-0.15, -0.1) is 0 Å². The summed E-state index contributed by atoms with van der Waals surface area (Å²) < 4.78 is 0. The first-order chi connectivity index (χ1) is 8.47. The highest BCUT2D eigenvalue weighted by atomic mass is 35.5. The molecule has 1 aromatic carbocycles. The Morgan fingerprint density at radius 2 is 1.72 bits per heavy atom. The van der Waals surface area contributed by atoms with Crippen molar-refractivity contribution in [1.82, 2.24) is 0 Å². The monoisotopic (exact) mass is 260 g/mol. The summed E-state index contributed by atoms with van der Waals surface area (Å²) in [5.41, 5.74) is 1.52. The molecule has 0 saturated heterocycles. The maximum atomic E-state index is 12.0. The molecule has 1 heterocycles. The van der Waals surface area contributed by atoms with Crippen LogP contribution in [0.2, 0.25) is 5.02 Å². The van der Waals surface area contributed by atoms with E-state index in [2.05, 4.69) is 0 Å². The summed E-state index contributed by atoms with van der Waals surface area (Å²) in [6.07, 6.45) is 0. The van der Waals surface area contributed by atoms with Gasteiger partial charge in [-0.3, -0.25) is 9.59 Å². The summed E-state index contributed by atoms with van der Waals surface area (Å²) in [6, 6.07) is 6.39. The topological polar surface area (TPSA) is 61.2 Å². The molecule has 0 N–H and O–H groups in total. The number of rotatable bonds is 1. The van der Waals surface area contributed by atoms with Gasteiger partial charge in [-0.05, 0) is 32.0 Å². The normalized spacial score (nSPS) is 15.3. The lowest BCUT2D eigenvalue weighted by Crippen LogP contribution is -2.31. The van der Waals surface area contributed by atoms with Crippen molar-refractivity contribution in [3.63, 3.8) is 0 Å². The maximum absolute atomic E-state index is 12.0. The van der Waals surface area contributed by atoms with E-state index in [9.17, 15) is 9.59 Å². The second-order valence-corrected chi connectivity index (χ2v) is 4.38. The van der Waals surface area contributed by atoms with Gasteiger partial charge in [0.15, 0.2) is 0 Å². The van der Waals surface area contributed by atoms with E-state index in [1.54, 1.807) is 13.8 Å². The fourth-order valence-electron chi connectivity index (χ4n) is 1.73. The first kappa shape index (κ1) is 12.3. The van der Waals surface area contributed by atoms with Crippen molar-refractivity contribution in [3.05, 3.63) is 39.9 Å². The zero-order chi connectivity index (χ0) is 13.4. The van der Waals surface area contributed by atoms with Gasteiger partial charge >= 0.3 is 0 Å². The average Bonchev–Trinajstić information content (AvgIpc) is 2.55. The molecule has 0 aliphatic carbocycles. The van der Waals surface area contributed by atoms with Crippen molar-refractivity contribution in [2.45, 2.75) is 13.8 Å². The number of carbonyl (C=O) groups is 2. The molecule has 5 heteroatoms. The molecule has 0 radical (unpaired) electrons. The molecule has 0 unspecified atom stereocenters. The number of anilines is 1. The Labute approximate surface area is 109 Å². The molecule has 4 nitrogen and oxygen atoms in total. The largest absolute Gasteiger partial charge is 0.269 e. The predicted octanol–water partition coefficient (Wildman–Crippen LogP) is 2.42. The Morgan fingerprint density at radius 1 is 1.17 bits per heavy atom. The highest BCUT2D eigenvalue weighted by Crippen LogP contribution is 2.32. The Balaban J connectivity index is 2.50. The summed E-state index contributed by atoms with van der Waals surface area (Å²) in [5, 5.41) is 8.95. The van der Waals surface area contributed by atoms with E-state index in [1.165, 1.54) is 18.2 Å². The standard InChI is InChI=1S/C13H9ClN2O2/c1-7-8(2)13(18)16(12(7)17)11-4-3-9(6-15)5-10(11)14/h3-5H,1-2H3. The van der Waals surface area contributed by atoms with Gasteiger partial charge < -0.3 is 0 Å². The van der Waals surface area contributed by atoms with Crippen LogP contribution in [0.15, 0.2) is 29.3 Å². The number of nitriles is 1. The lowest BCUT2D eigenvalue weighted by molar-refractivity contribution is -0.120. The fraction of sp³-hybridized carbons (Fsp3) is 0.154. The summed E-state index contributed by atoms with van der Waals surface area (Å²) in [6.45, 7) is 3.21. The van der Waals surface area contributed by atoms with Crippen LogP contribution in [0.3, 0.4) is 0 Å². The van der Waals surface area contributed by atoms with Gasteiger partial charge in [-0.1, -0.05) is 11.6 Å². The molecule has 0 spiro atoms. The Hall–Kier alpha value is -2.12. The second kappa shape index (κ2) is 4.28. The molecule has 1 aliphatic heterocycles. The van der Waals surface area contributed by atoms with Crippen LogP contribution in [0.4, 0.5) is 5.69 Å². The highest BCUT2D eigenvalue weighted by molar-refractivity contribution is 6.38. The van der Waals surface area contributed by atoms with Crippen molar-refractivity contribution >= 4 is 29.1 Å². The first-order valence-electron chi connectivity index (χ1n) is 5.23. The van der Waals surface area contributed by atoms with E-state index < -0.39 is 0 Å². The molecule has 0 atom stereocenters. The molecule has 0 aromatic heterocycles. The summed E-state index contributed by atoms with van der Waals surface area (Å²) in [5.74, 6) is -0.742. The third kappa shape index (κ3) is 1.69. The number of halogens is 1. The van der Waals surface area contributed by atoms with Crippen LogP contribution in [-0.4, -0.2) is 11.8 Å². The molecule has 90 valence electrons. The molecule has 18 heavy (non-hydrogen) atoms. The van der Waals surface area contributed by atoms with Crippen molar-refractivity contribution in [3.8, 4) is 6.07 Å². The number of hydrogen-bond acceptors (Lipinski definition) is 3. The predicted molar refractivity (Wildman–Crippen MR) is 67.0 cm³/mol. The van der Waals surface area contributed by atoms with Gasteiger partial charge in [-0.2, -0.15) is 5.26 Å². The lowest BCUT2D eigenvalue weighted by atomic mass is 10.2. The Bertz CT molecular complexity index is 617. The number of benzene rings is 1. The van der Waals surface area contributed by atoms with Gasteiger partial charge in [0, 0.05) is 11.1 Å². The summed E-state index contributed by atoms with van der Waals surface area (Å²) in [7, 11) is 0. The van der Waals surface area contributed by atoms with E-state index in [4.69, 9.17) is 16.9 Å². The molecule has 0 bridgehead atoms. The maximum Gasteiger partial charge on any atom is 0.261 e. The van der Waals surface area contributed by atoms with Crippen molar-refractivity contribution in [2.24, 2.45) is 0 Å². The van der Waals surface area contributed by atoms with Gasteiger partial charge in [-0.25, -0.2) is 4.90 Å². The third-order valence-electron chi connectivity index (χ3n) is 2.93. The number of amides is 2. The zero-order valence-electron chi connectivity index (χ0n) is 9.82. The number of carbonyl (C=O) groups excluding carboxylic acids is 2. The number of imide groups is 1. The Morgan fingerprint density at radius 3 is 2.17 bits per heavy atom. The van der Waals surface area contributed by atoms with Gasteiger partial charge in [0.1, 0.15) is 0 Å². The highest BCUT2D eigenvalue weighted by Gasteiger charge is 2.35. The van der Waals surface area contributed by atoms with Crippen molar-refractivity contribution in [2.75, 3.05) is 4.90 Å². The number of nitrogens with zero attached hydrogens (tertiary/aromatic N) is 2. The van der Waals surface area contributed by atoms with E-state index in [0.717, 1.165) is 4.90 Å². The Kier molecular flexibility index (Phi) is 2.93. The SMILES string of the molecule is CC1=C(C)C(=O)N(c2ccc(C#N)cc2Cl)C1=O. The van der Waals surface area contributed by atoms with Crippen molar-refractivity contribution < 1.29 is 9.59 Å². The molecule has 0 saturated carbocycles. The molecule has 1 aliphatic rings. The van der Waals surface area contributed by atoms with Crippen LogP contribution in [0.1, 0.15) is 19.4 Å². The number of hydrogen-bond donors (Lipinski definition) is 0. The molecule has 1 aromatic rings.